The van der Waals surface area contributed by atoms with E-state index in [4.69, 9.17) is 16.3 Å². The van der Waals surface area contributed by atoms with Gasteiger partial charge in [-0.2, -0.15) is 0 Å². The lowest BCUT2D eigenvalue weighted by atomic mass is 10.2. The first-order chi connectivity index (χ1) is 12.7. The van der Waals surface area contributed by atoms with E-state index in [2.05, 4.69) is 5.32 Å². The van der Waals surface area contributed by atoms with E-state index in [0.717, 1.165) is 14.4 Å². The molecule has 0 unspecified atom stereocenters. The van der Waals surface area contributed by atoms with Crippen molar-refractivity contribution in [2.24, 2.45) is 0 Å². The summed E-state index contributed by atoms with van der Waals surface area (Å²) in [6, 6.07) is 11.7. The summed E-state index contributed by atoms with van der Waals surface area (Å²) in [4.78, 5) is 13.1. The number of carbonyl (C=O) groups is 1. The van der Waals surface area contributed by atoms with E-state index in [1.54, 1.807) is 18.2 Å². The summed E-state index contributed by atoms with van der Waals surface area (Å²) in [5.74, 6) is -0.138. The van der Waals surface area contributed by atoms with Crippen molar-refractivity contribution in [3.8, 4) is 5.75 Å². The third-order valence-electron chi connectivity index (χ3n) is 3.91. The van der Waals surface area contributed by atoms with Crippen LogP contribution in [-0.2, 0) is 10.0 Å². The molecule has 9 heteroatoms. The number of benzene rings is 2. The summed E-state index contributed by atoms with van der Waals surface area (Å²) < 4.78 is 32.1. The number of carbonyl (C=O) groups excluding carboxylic acids is 1. The van der Waals surface area contributed by atoms with Crippen LogP contribution in [0.3, 0.4) is 0 Å². The molecule has 0 aliphatic carbocycles. The fraction of sp³-hybridized carbons (Fsp3) is 0.167. The van der Waals surface area contributed by atoms with Crippen molar-refractivity contribution < 1.29 is 17.9 Å². The number of hydrogen-bond acceptors (Lipinski definition) is 5. The minimum absolute atomic E-state index is 0.0211. The average Bonchev–Trinajstić information content (AvgIpc) is 3.07. The van der Waals surface area contributed by atoms with Crippen LogP contribution < -0.4 is 10.1 Å². The molecule has 0 atom stereocenters. The lowest BCUT2D eigenvalue weighted by Crippen LogP contribution is -2.23. The topological polar surface area (TPSA) is 75.7 Å². The van der Waals surface area contributed by atoms with Crippen LogP contribution in [0.2, 0.25) is 5.02 Å². The van der Waals surface area contributed by atoms with Crippen LogP contribution in [0, 0.1) is 0 Å². The molecule has 2 aromatic carbocycles. The Morgan fingerprint density at radius 3 is 2.56 bits per heavy atom. The molecule has 0 spiro atoms. The normalized spacial score (nSPS) is 11.7. The highest BCUT2D eigenvalue weighted by atomic mass is 35.5. The van der Waals surface area contributed by atoms with E-state index >= 15 is 0 Å². The highest BCUT2D eigenvalue weighted by molar-refractivity contribution is 7.89. The number of methoxy groups -OCH3 is 1. The predicted octanol–water partition coefficient (Wildman–Crippen LogP) is 4.07. The Balaban J connectivity index is 1.95. The molecule has 0 saturated heterocycles. The van der Waals surface area contributed by atoms with Crippen molar-refractivity contribution in [2.75, 3.05) is 26.5 Å². The number of sulfonamides is 1. The maximum absolute atomic E-state index is 12.6. The first-order valence-corrected chi connectivity index (χ1v) is 10.5. The maximum Gasteiger partial charge on any atom is 0.265 e. The summed E-state index contributed by atoms with van der Waals surface area (Å²) in [5.41, 5.74) is 0.352. The van der Waals surface area contributed by atoms with Crippen molar-refractivity contribution in [3.63, 3.8) is 0 Å². The van der Waals surface area contributed by atoms with Gasteiger partial charge in [0.25, 0.3) is 5.91 Å². The van der Waals surface area contributed by atoms with Gasteiger partial charge < -0.3 is 10.1 Å². The van der Waals surface area contributed by atoms with Gasteiger partial charge in [-0.1, -0.05) is 17.7 Å². The van der Waals surface area contributed by atoms with Crippen molar-refractivity contribution in [2.45, 2.75) is 4.90 Å². The minimum Gasteiger partial charge on any atom is -0.495 e. The van der Waals surface area contributed by atoms with Gasteiger partial charge in [0, 0.05) is 34.9 Å². The summed E-state index contributed by atoms with van der Waals surface area (Å²) >= 11 is 7.47. The third-order valence-corrected chi connectivity index (χ3v) is 7.18. The molecular weight excluding hydrogens is 408 g/mol. The average molecular weight is 425 g/mol. The van der Waals surface area contributed by atoms with Gasteiger partial charge in [-0.05, 0) is 36.4 Å². The molecule has 1 N–H and O–H groups in total. The van der Waals surface area contributed by atoms with Crippen LogP contribution >= 0.6 is 22.9 Å². The van der Waals surface area contributed by atoms with Crippen LogP contribution in [0.15, 0.2) is 47.4 Å². The molecule has 6 nitrogen and oxygen atoms in total. The second-order valence-electron chi connectivity index (χ2n) is 5.87. The lowest BCUT2D eigenvalue weighted by molar-refractivity contribution is 0.103. The molecule has 142 valence electrons. The van der Waals surface area contributed by atoms with Crippen LogP contribution in [0.4, 0.5) is 5.69 Å². The number of halogens is 1. The second-order valence-corrected chi connectivity index (χ2v) is 9.48. The standard InChI is InChI=1S/C18H17ClN2O4S2/c1-21(2)27(23,24)17-9-11(7-8-14(17)25-3)20-18(22)16-10-12-13(19)5-4-6-15(12)26-16/h4-10H,1-3H3,(H,20,22). The highest BCUT2D eigenvalue weighted by Crippen LogP contribution is 2.32. The number of ether oxygens (including phenoxy) is 1. The number of thiophene rings is 1. The summed E-state index contributed by atoms with van der Waals surface area (Å²) in [5, 5.41) is 4.11. The number of hydrogen-bond donors (Lipinski definition) is 1. The first-order valence-electron chi connectivity index (χ1n) is 7.84. The van der Waals surface area contributed by atoms with Gasteiger partial charge >= 0.3 is 0 Å². The first kappa shape index (κ1) is 19.6. The second kappa shape index (κ2) is 7.47. The van der Waals surface area contributed by atoms with E-state index in [0.29, 0.717) is 15.6 Å². The fourth-order valence-corrected chi connectivity index (χ4v) is 4.83. The zero-order valence-electron chi connectivity index (χ0n) is 14.8. The zero-order valence-corrected chi connectivity index (χ0v) is 17.2. The van der Waals surface area contributed by atoms with Crippen molar-refractivity contribution in [1.82, 2.24) is 4.31 Å². The maximum atomic E-state index is 12.6. The van der Waals surface area contributed by atoms with E-state index in [1.165, 1.54) is 44.7 Å². The fourth-order valence-electron chi connectivity index (χ4n) is 2.48. The van der Waals surface area contributed by atoms with Crippen LogP contribution in [0.5, 0.6) is 5.75 Å². The van der Waals surface area contributed by atoms with Gasteiger partial charge in [-0.15, -0.1) is 11.3 Å². The molecule has 0 bridgehead atoms. The van der Waals surface area contributed by atoms with Crippen molar-refractivity contribution in [3.05, 3.63) is 52.4 Å². The molecule has 1 heterocycles. The summed E-state index contributed by atoms with van der Waals surface area (Å²) in [7, 11) is 0.529. The molecule has 0 aliphatic heterocycles. The number of rotatable bonds is 5. The number of fused-ring (bicyclic) bond motifs is 1. The van der Waals surface area contributed by atoms with Crippen LogP contribution in [0.25, 0.3) is 10.1 Å². The SMILES string of the molecule is COc1ccc(NC(=O)c2cc3c(Cl)cccc3s2)cc1S(=O)(=O)N(C)C. The van der Waals surface area contributed by atoms with Gasteiger partial charge in [0.05, 0.1) is 12.0 Å². The molecule has 0 saturated carbocycles. The molecule has 1 aromatic heterocycles. The van der Waals surface area contributed by atoms with Gasteiger partial charge in [0.15, 0.2) is 0 Å². The predicted molar refractivity (Wildman–Crippen MR) is 109 cm³/mol. The smallest absolute Gasteiger partial charge is 0.265 e. The third kappa shape index (κ3) is 3.79. The van der Waals surface area contributed by atoms with Gasteiger partial charge in [0.2, 0.25) is 10.0 Å². The van der Waals surface area contributed by atoms with E-state index in [9.17, 15) is 13.2 Å². The summed E-state index contributed by atoms with van der Waals surface area (Å²) in [6.45, 7) is 0. The Labute approximate surface area is 166 Å². The number of anilines is 1. The van der Waals surface area contributed by atoms with Crippen LogP contribution in [0.1, 0.15) is 9.67 Å². The zero-order chi connectivity index (χ0) is 19.8. The molecule has 3 aromatic rings. The van der Waals surface area contributed by atoms with E-state index < -0.39 is 10.0 Å². The van der Waals surface area contributed by atoms with E-state index in [1.807, 2.05) is 12.1 Å². The molecular formula is C18H17ClN2O4S2. The van der Waals surface area contributed by atoms with Crippen LogP contribution in [-0.4, -0.2) is 39.8 Å². The number of nitrogens with one attached hydrogen (secondary N) is 1. The van der Waals surface area contributed by atoms with Gasteiger partial charge in [-0.25, -0.2) is 12.7 Å². The molecule has 0 aliphatic rings. The van der Waals surface area contributed by atoms with Gasteiger partial charge in [0.1, 0.15) is 10.6 Å². The summed E-state index contributed by atoms with van der Waals surface area (Å²) in [6.07, 6.45) is 0. The largest absolute Gasteiger partial charge is 0.495 e. The molecule has 27 heavy (non-hydrogen) atoms. The Morgan fingerprint density at radius 2 is 1.93 bits per heavy atom. The Kier molecular flexibility index (Phi) is 5.43. The Morgan fingerprint density at radius 1 is 1.19 bits per heavy atom. The lowest BCUT2D eigenvalue weighted by Gasteiger charge is -2.15. The van der Waals surface area contributed by atoms with E-state index in [-0.39, 0.29) is 16.6 Å². The quantitative estimate of drug-likeness (QED) is 0.670. The Bertz CT molecular complexity index is 1120. The minimum atomic E-state index is -3.73. The molecule has 1 amide bonds. The van der Waals surface area contributed by atoms with Crippen molar-refractivity contribution >= 4 is 54.6 Å². The number of nitrogens with zero attached hydrogens (tertiary/aromatic N) is 1. The molecule has 3 rings (SSSR count). The van der Waals surface area contributed by atoms with Crippen molar-refractivity contribution in [1.29, 1.82) is 0 Å². The molecule has 0 fully saturated rings. The monoisotopic (exact) mass is 424 g/mol. The number of amides is 1. The van der Waals surface area contributed by atoms with Gasteiger partial charge in [-0.3, -0.25) is 4.79 Å². The molecule has 0 radical (unpaired) electrons. The highest BCUT2D eigenvalue weighted by Gasteiger charge is 2.23. The Hall–Kier alpha value is -2.13.